The number of hydrogen-bond acceptors (Lipinski definition) is 0. The molecule has 0 heterocycles. The molecule has 2 aromatic rings. The maximum atomic E-state index is 5.89. The zero-order valence-electron chi connectivity index (χ0n) is 9.00. The average Bonchev–Trinajstić information content (AvgIpc) is 2.31. The maximum Gasteiger partial charge on any atom is 0.0406 e. The summed E-state index contributed by atoms with van der Waals surface area (Å²) < 4.78 is 1.18. The van der Waals surface area contributed by atoms with Gasteiger partial charge in [-0.3, -0.25) is 0 Å². The van der Waals surface area contributed by atoms with Crippen LogP contribution in [0.3, 0.4) is 0 Å². The molecule has 0 nitrogen and oxygen atoms in total. The van der Waals surface area contributed by atoms with Crippen LogP contribution in [0.4, 0.5) is 0 Å². The Morgan fingerprint density at radius 2 is 1.75 bits per heavy atom. The van der Waals surface area contributed by atoms with Crippen LogP contribution in [0, 0.1) is 0 Å². The molecule has 0 atom stereocenters. The van der Waals surface area contributed by atoms with Gasteiger partial charge >= 0.3 is 0 Å². The molecule has 0 aromatic heterocycles. The van der Waals surface area contributed by atoms with E-state index in [1.807, 2.05) is 24.3 Å². The van der Waals surface area contributed by atoms with Crippen LogP contribution >= 0.6 is 27.5 Å². The predicted molar refractivity (Wildman–Crippen MR) is 74.0 cm³/mol. The van der Waals surface area contributed by atoms with Gasteiger partial charge in [0.25, 0.3) is 0 Å². The Hall–Kier alpha value is -0.790. The molecule has 2 heteroatoms. The van der Waals surface area contributed by atoms with E-state index in [4.69, 9.17) is 11.6 Å². The minimum Gasteiger partial charge on any atom is -0.0843 e. The van der Waals surface area contributed by atoms with Crippen LogP contribution in [0.15, 0.2) is 46.9 Å². The van der Waals surface area contributed by atoms with Gasteiger partial charge in [0, 0.05) is 9.50 Å². The molecule has 0 radical (unpaired) electrons. The average molecular weight is 296 g/mol. The van der Waals surface area contributed by atoms with Crippen LogP contribution in [-0.2, 0) is 6.42 Å². The van der Waals surface area contributed by atoms with Gasteiger partial charge in [0.15, 0.2) is 0 Å². The van der Waals surface area contributed by atoms with Crippen molar-refractivity contribution in [2.75, 3.05) is 0 Å². The van der Waals surface area contributed by atoms with Gasteiger partial charge < -0.3 is 0 Å². The Morgan fingerprint density at radius 3 is 2.38 bits per heavy atom. The highest BCUT2D eigenvalue weighted by Crippen LogP contribution is 2.31. The fourth-order valence-electron chi connectivity index (χ4n) is 1.71. The summed E-state index contributed by atoms with van der Waals surface area (Å²) in [7, 11) is 0. The Labute approximate surface area is 109 Å². The van der Waals surface area contributed by atoms with Crippen molar-refractivity contribution >= 4 is 27.5 Å². The molecule has 0 spiro atoms. The van der Waals surface area contributed by atoms with Gasteiger partial charge in [-0.1, -0.05) is 48.9 Å². The van der Waals surface area contributed by atoms with Crippen molar-refractivity contribution in [1.29, 1.82) is 0 Å². The van der Waals surface area contributed by atoms with Crippen molar-refractivity contribution in [2.45, 2.75) is 13.3 Å². The lowest BCUT2D eigenvalue weighted by atomic mass is 10.0. The smallest absolute Gasteiger partial charge is 0.0406 e. The lowest BCUT2D eigenvalue weighted by molar-refractivity contribution is 1.13. The van der Waals surface area contributed by atoms with Crippen molar-refractivity contribution in [3.05, 3.63) is 57.5 Å². The Bertz CT molecular complexity index is 489. The molecule has 0 N–H and O–H groups in total. The van der Waals surface area contributed by atoms with Crippen molar-refractivity contribution in [2.24, 2.45) is 0 Å². The van der Waals surface area contributed by atoms with Crippen molar-refractivity contribution in [3.63, 3.8) is 0 Å². The number of rotatable bonds is 2. The van der Waals surface area contributed by atoms with Crippen LogP contribution < -0.4 is 0 Å². The van der Waals surface area contributed by atoms with E-state index in [-0.39, 0.29) is 0 Å². The summed E-state index contributed by atoms with van der Waals surface area (Å²) in [6, 6.07) is 14.3. The lowest BCUT2D eigenvalue weighted by Gasteiger charge is -2.08. The van der Waals surface area contributed by atoms with E-state index >= 15 is 0 Å². The summed E-state index contributed by atoms with van der Waals surface area (Å²) in [6.45, 7) is 2.16. The molecule has 2 aromatic carbocycles. The SMILES string of the molecule is CCc1cccc(-c2ccc(Cl)cc2)c1Br. The number of benzene rings is 2. The van der Waals surface area contributed by atoms with Crippen LogP contribution in [0.5, 0.6) is 0 Å². The third kappa shape index (κ3) is 2.31. The summed E-state index contributed by atoms with van der Waals surface area (Å²) in [4.78, 5) is 0. The number of hydrogen-bond donors (Lipinski definition) is 0. The summed E-state index contributed by atoms with van der Waals surface area (Å²) in [5.41, 5.74) is 3.73. The van der Waals surface area contributed by atoms with E-state index in [9.17, 15) is 0 Å². The molecule has 16 heavy (non-hydrogen) atoms. The van der Waals surface area contributed by atoms with E-state index in [1.54, 1.807) is 0 Å². The van der Waals surface area contributed by atoms with E-state index in [0.717, 1.165) is 11.4 Å². The number of aryl methyl sites for hydroxylation is 1. The Morgan fingerprint density at radius 1 is 1.06 bits per heavy atom. The van der Waals surface area contributed by atoms with Crippen LogP contribution in [-0.4, -0.2) is 0 Å². The first-order valence-corrected chi connectivity index (χ1v) is 6.42. The molecular formula is C14H12BrCl. The highest BCUT2D eigenvalue weighted by atomic mass is 79.9. The van der Waals surface area contributed by atoms with Gasteiger partial charge in [-0.2, -0.15) is 0 Å². The standard InChI is InChI=1S/C14H12BrCl/c1-2-10-4-3-5-13(14(10)15)11-6-8-12(16)9-7-11/h3-9H,2H2,1H3. The molecule has 0 aliphatic rings. The van der Waals surface area contributed by atoms with Gasteiger partial charge in [-0.25, -0.2) is 0 Å². The fraction of sp³-hybridized carbons (Fsp3) is 0.143. The molecule has 0 saturated heterocycles. The molecule has 0 bridgehead atoms. The van der Waals surface area contributed by atoms with Crippen molar-refractivity contribution < 1.29 is 0 Å². The molecule has 0 aliphatic carbocycles. The lowest BCUT2D eigenvalue weighted by Crippen LogP contribution is -1.86. The monoisotopic (exact) mass is 294 g/mol. The fourth-order valence-corrected chi connectivity index (χ4v) is 2.60. The Balaban J connectivity index is 2.51. The molecule has 0 fully saturated rings. The summed E-state index contributed by atoms with van der Waals surface area (Å²) >= 11 is 9.55. The van der Waals surface area contributed by atoms with Gasteiger partial charge in [0.1, 0.15) is 0 Å². The third-order valence-electron chi connectivity index (χ3n) is 2.61. The molecule has 2 rings (SSSR count). The first-order valence-electron chi connectivity index (χ1n) is 5.25. The van der Waals surface area contributed by atoms with Gasteiger partial charge in [-0.05, 0) is 51.2 Å². The predicted octanol–water partition coefficient (Wildman–Crippen LogP) is 5.33. The molecular weight excluding hydrogens is 284 g/mol. The summed E-state index contributed by atoms with van der Waals surface area (Å²) in [5.74, 6) is 0. The largest absolute Gasteiger partial charge is 0.0843 e. The zero-order valence-corrected chi connectivity index (χ0v) is 11.3. The second kappa shape index (κ2) is 5.03. The second-order valence-electron chi connectivity index (χ2n) is 3.64. The minimum atomic E-state index is 0.770. The second-order valence-corrected chi connectivity index (χ2v) is 4.87. The first-order chi connectivity index (χ1) is 7.72. The van der Waals surface area contributed by atoms with Gasteiger partial charge in [0.2, 0.25) is 0 Å². The minimum absolute atomic E-state index is 0.770. The highest BCUT2D eigenvalue weighted by molar-refractivity contribution is 9.10. The molecule has 0 saturated carbocycles. The quantitative estimate of drug-likeness (QED) is 0.702. The topological polar surface area (TPSA) is 0 Å². The van der Waals surface area contributed by atoms with Crippen LogP contribution in [0.1, 0.15) is 12.5 Å². The number of halogens is 2. The Kier molecular flexibility index (Phi) is 3.67. The highest BCUT2D eigenvalue weighted by Gasteiger charge is 2.05. The third-order valence-corrected chi connectivity index (χ3v) is 3.80. The van der Waals surface area contributed by atoms with Crippen molar-refractivity contribution in [1.82, 2.24) is 0 Å². The van der Waals surface area contributed by atoms with E-state index in [2.05, 4.69) is 41.1 Å². The van der Waals surface area contributed by atoms with Gasteiger partial charge in [0.05, 0.1) is 0 Å². The summed E-state index contributed by atoms with van der Waals surface area (Å²) in [5, 5.41) is 0.770. The van der Waals surface area contributed by atoms with E-state index in [1.165, 1.54) is 21.2 Å². The van der Waals surface area contributed by atoms with E-state index in [0.29, 0.717) is 0 Å². The molecule has 0 unspecified atom stereocenters. The van der Waals surface area contributed by atoms with Crippen LogP contribution in [0.25, 0.3) is 11.1 Å². The van der Waals surface area contributed by atoms with Crippen molar-refractivity contribution in [3.8, 4) is 11.1 Å². The molecule has 82 valence electrons. The molecule has 0 amide bonds. The zero-order chi connectivity index (χ0) is 11.5. The normalized spacial score (nSPS) is 10.4. The van der Waals surface area contributed by atoms with Gasteiger partial charge in [-0.15, -0.1) is 0 Å². The first kappa shape index (κ1) is 11.7. The summed E-state index contributed by atoms with van der Waals surface area (Å²) in [6.07, 6.45) is 1.03. The van der Waals surface area contributed by atoms with E-state index < -0.39 is 0 Å². The van der Waals surface area contributed by atoms with Crippen LogP contribution in [0.2, 0.25) is 5.02 Å². The maximum absolute atomic E-state index is 5.89. The molecule has 0 aliphatic heterocycles.